The summed E-state index contributed by atoms with van der Waals surface area (Å²) < 4.78 is 5.60. The van der Waals surface area contributed by atoms with E-state index in [9.17, 15) is 9.59 Å². The summed E-state index contributed by atoms with van der Waals surface area (Å²) in [7, 11) is 0. The number of aryl methyl sites for hydroxylation is 1. The van der Waals surface area contributed by atoms with Crippen LogP contribution in [-0.4, -0.2) is 49.5 Å². The zero-order valence-corrected chi connectivity index (χ0v) is 18.2. The molecule has 0 unspecified atom stereocenters. The van der Waals surface area contributed by atoms with Crippen LogP contribution in [0.1, 0.15) is 25.3 Å². The van der Waals surface area contributed by atoms with Crippen molar-refractivity contribution in [2.75, 3.05) is 43.0 Å². The summed E-state index contributed by atoms with van der Waals surface area (Å²) in [5.74, 6) is 0.608. The van der Waals surface area contributed by atoms with Gasteiger partial charge >= 0.3 is 0 Å². The smallest absolute Gasteiger partial charge is 0.262 e. The number of rotatable bonds is 7. The van der Waals surface area contributed by atoms with Gasteiger partial charge in [-0.15, -0.1) is 0 Å². The fourth-order valence-electron chi connectivity index (χ4n) is 3.49. The third-order valence-electron chi connectivity index (χ3n) is 5.03. The molecule has 0 spiro atoms. The Kier molecular flexibility index (Phi) is 7.57. The molecule has 2 amide bonds. The molecular formula is C23H28ClN3O3. The number of carbonyl (C=O) groups is 2. The highest BCUT2D eigenvalue weighted by atomic mass is 35.5. The highest BCUT2D eigenvalue weighted by Crippen LogP contribution is 2.30. The second-order valence-electron chi connectivity index (χ2n) is 7.43. The van der Waals surface area contributed by atoms with Gasteiger partial charge in [0.1, 0.15) is 5.75 Å². The molecular weight excluding hydrogens is 402 g/mol. The molecule has 2 aromatic rings. The number of nitrogens with one attached hydrogen (secondary N) is 1. The number of hydrogen-bond acceptors (Lipinski definition) is 4. The zero-order chi connectivity index (χ0) is 21.5. The van der Waals surface area contributed by atoms with Crippen LogP contribution < -0.4 is 15.0 Å². The molecule has 0 atom stereocenters. The van der Waals surface area contributed by atoms with E-state index in [1.54, 1.807) is 6.07 Å². The summed E-state index contributed by atoms with van der Waals surface area (Å²) in [4.78, 5) is 28.7. The average Bonchev–Trinajstić information content (AvgIpc) is 2.73. The van der Waals surface area contributed by atoms with E-state index in [4.69, 9.17) is 16.3 Å². The van der Waals surface area contributed by atoms with Gasteiger partial charge in [0.15, 0.2) is 6.61 Å². The molecule has 0 aromatic heterocycles. The van der Waals surface area contributed by atoms with Gasteiger partial charge in [0.05, 0.1) is 11.4 Å². The Balaban J connectivity index is 1.62. The van der Waals surface area contributed by atoms with E-state index in [-0.39, 0.29) is 18.4 Å². The molecule has 2 aromatic carbocycles. The van der Waals surface area contributed by atoms with E-state index in [0.717, 1.165) is 17.7 Å². The predicted octanol–water partition coefficient (Wildman–Crippen LogP) is 4.11. The van der Waals surface area contributed by atoms with Crippen molar-refractivity contribution in [3.63, 3.8) is 0 Å². The molecule has 1 aliphatic heterocycles. The van der Waals surface area contributed by atoms with E-state index < -0.39 is 0 Å². The van der Waals surface area contributed by atoms with Gasteiger partial charge in [-0.25, -0.2) is 0 Å². The number of ether oxygens (including phenoxy) is 1. The maximum absolute atomic E-state index is 12.5. The van der Waals surface area contributed by atoms with E-state index in [1.165, 1.54) is 0 Å². The van der Waals surface area contributed by atoms with E-state index in [1.807, 2.05) is 55.1 Å². The van der Waals surface area contributed by atoms with Crippen molar-refractivity contribution in [1.82, 2.24) is 4.90 Å². The van der Waals surface area contributed by atoms with E-state index in [0.29, 0.717) is 49.1 Å². The van der Waals surface area contributed by atoms with Gasteiger partial charge in [0.25, 0.3) is 5.91 Å². The first kappa shape index (κ1) is 22.0. The van der Waals surface area contributed by atoms with Crippen molar-refractivity contribution < 1.29 is 14.3 Å². The summed E-state index contributed by atoms with van der Waals surface area (Å²) in [5, 5.41) is 3.46. The van der Waals surface area contributed by atoms with Gasteiger partial charge in [0.2, 0.25) is 5.91 Å². The molecule has 0 radical (unpaired) electrons. The van der Waals surface area contributed by atoms with E-state index >= 15 is 0 Å². The topological polar surface area (TPSA) is 61.9 Å². The third-order valence-corrected chi connectivity index (χ3v) is 5.26. The van der Waals surface area contributed by atoms with Crippen molar-refractivity contribution in [3.05, 3.63) is 53.1 Å². The molecule has 160 valence electrons. The molecule has 1 heterocycles. The minimum atomic E-state index is -0.253. The SMILES string of the molecule is CCCC(=O)N1CCN(c2ccc(Cl)cc2NC(=O)COc2cccc(C)c2)CC1. The summed E-state index contributed by atoms with van der Waals surface area (Å²) in [6.45, 7) is 6.66. The van der Waals surface area contributed by atoms with Crippen LogP contribution in [0, 0.1) is 6.92 Å². The number of piperazine rings is 1. The van der Waals surface area contributed by atoms with Gasteiger partial charge in [-0.2, -0.15) is 0 Å². The molecule has 6 nitrogen and oxygen atoms in total. The fourth-order valence-corrected chi connectivity index (χ4v) is 3.67. The first-order chi connectivity index (χ1) is 14.5. The summed E-state index contributed by atoms with van der Waals surface area (Å²) >= 11 is 6.18. The van der Waals surface area contributed by atoms with Crippen molar-refractivity contribution in [3.8, 4) is 5.75 Å². The highest BCUT2D eigenvalue weighted by Gasteiger charge is 2.22. The normalized spacial score (nSPS) is 13.8. The number of amides is 2. The lowest BCUT2D eigenvalue weighted by Gasteiger charge is -2.37. The fraction of sp³-hybridized carbons (Fsp3) is 0.391. The summed E-state index contributed by atoms with van der Waals surface area (Å²) in [5.41, 5.74) is 2.61. The molecule has 0 bridgehead atoms. The highest BCUT2D eigenvalue weighted by molar-refractivity contribution is 6.31. The maximum Gasteiger partial charge on any atom is 0.262 e. The first-order valence-corrected chi connectivity index (χ1v) is 10.7. The zero-order valence-electron chi connectivity index (χ0n) is 17.5. The molecule has 7 heteroatoms. The largest absolute Gasteiger partial charge is 0.484 e. The predicted molar refractivity (Wildman–Crippen MR) is 120 cm³/mol. The van der Waals surface area contributed by atoms with Crippen LogP contribution in [0.2, 0.25) is 5.02 Å². The lowest BCUT2D eigenvalue weighted by atomic mass is 10.2. The molecule has 0 aliphatic carbocycles. The molecule has 3 rings (SSSR count). The van der Waals surface area contributed by atoms with Gasteiger partial charge in [-0.3, -0.25) is 9.59 Å². The third kappa shape index (κ3) is 5.89. The number of anilines is 2. The Morgan fingerprint density at radius 1 is 1.10 bits per heavy atom. The molecule has 1 saturated heterocycles. The van der Waals surface area contributed by atoms with Crippen LogP contribution in [0.25, 0.3) is 0 Å². The van der Waals surface area contributed by atoms with E-state index in [2.05, 4.69) is 10.2 Å². The van der Waals surface area contributed by atoms with Crippen LogP contribution in [0.5, 0.6) is 5.75 Å². The minimum Gasteiger partial charge on any atom is -0.484 e. The Hall–Kier alpha value is -2.73. The van der Waals surface area contributed by atoms with Gasteiger partial charge in [-0.1, -0.05) is 30.7 Å². The van der Waals surface area contributed by atoms with Crippen molar-refractivity contribution >= 4 is 34.8 Å². The molecule has 0 saturated carbocycles. The lowest BCUT2D eigenvalue weighted by Crippen LogP contribution is -2.49. The van der Waals surface area contributed by atoms with Crippen LogP contribution in [0.3, 0.4) is 0 Å². The Labute approximate surface area is 182 Å². The van der Waals surface area contributed by atoms with Crippen LogP contribution in [0.4, 0.5) is 11.4 Å². The second-order valence-corrected chi connectivity index (χ2v) is 7.87. The van der Waals surface area contributed by atoms with Crippen LogP contribution in [0.15, 0.2) is 42.5 Å². The Morgan fingerprint density at radius 2 is 1.87 bits per heavy atom. The summed E-state index contributed by atoms with van der Waals surface area (Å²) in [6.07, 6.45) is 1.44. The van der Waals surface area contributed by atoms with Crippen molar-refractivity contribution in [2.45, 2.75) is 26.7 Å². The van der Waals surface area contributed by atoms with Crippen molar-refractivity contribution in [2.24, 2.45) is 0 Å². The lowest BCUT2D eigenvalue weighted by molar-refractivity contribution is -0.131. The second kappa shape index (κ2) is 10.3. The van der Waals surface area contributed by atoms with Gasteiger partial charge in [-0.05, 0) is 49.2 Å². The minimum absolute atomic E-state index is 0.0886. The first-order valence-electron chi connectivity index (χ1n) is 10.3. The van der Waals surface area contributed by atoms with Crippen LogP contribution in [-0.2, 0) is 9.59 Å². The number of carbonyl (C=O) groups excluding carboxylic acids is 2. The number of nitrogens with zero attached hydrogens (tertiary/aromatic N) is 2. The average molecular weight is 430 g/mol. The van der Waals surface area contributed by atoms with Crippen molar-refractivity contribution in [1.29, 1.82) is 0 Å². The Bertz CT molecular complexity index is 895. The monoisotopic (exact) mass is 429 g/mol. The quantitative estimate of drug-likeness (QED) is 0.719. The number of benzene rings is 2. The molecule has 1 aliphatic rings. The maximum atomic E-state index is 12.5. The number of halogens is 1. The molecule has 1 N–H and O–H groups in total. The Morgan fingerprint density at radius 3 is 2.57 bits per heavy atom. The molecule has 1 fully saturated rings. The standard InChI is InChI=1S/C23H28ClN3O3/c1-3-5-23(29)27-12-10-26(11-13-27)21-9-8-18(24)15-20(21)25-22(28)16-30-19-7-4-6-17(2)14-19/h4,6-9,14-15H,3,5,10-13,16H2,1-2H3,(H,25,28). The number of hydrogen-bond donors (Lipinski definition) is 1. The van der Waals surface area contributed by atoms with Crippen LogP contribution >= 0.6 is 11.6 Å². The van der Waals surface area contributed by atoms with Gasteiger partial charge < -0.3 is 19.9 Å². The summed E-state index contributed by atoms with van der Waals surface area (Å²) in [6, 6.07) is 13.0. The molecule has 30 heavy (non-hydrogen) atoms. The van der Waals surface area contributed by atoms with Gasteiger partial charge in [0, 0.05) is 37.6 Å².